The number of rotatable bonds is 4. The van der Waals surface area contributed by atoms with Crippen LogP contribution in [0.1, 0.15) is 6.42 Å². The maximum atomic E-state index is 13.2. The van der Waals surface area contributed by atoms with Gasteiger partial charge in [0.2, 0.25) is 0 Å². The van der Waals surface area contributed by atoms with E-state index in [0.29, 0.717) is 65.8 Å². The average molecular weight is 470 g/mol. The van der Waals surface area contributed by atoms with Crippen LogP contribution in [0.3, 0.4) is 0 Å². The maximum absolute atomic E-state index is 13.2. The highest BCUT2D eigenvalue weighted by molar-refractivity contribution is 7.85. The number of aliphatic hydroxyl groups excluding tert-OH is 1. The van der Waals surface area contributed by atoms with E-state index in [9.17, 15) is 19.3 Å². The Hall–Kier alpha value is -2.66. The Morgan fingerprint density at radius 2 is 1.97 bits per heavy atom. The van der Waals surface area contributed by atoms with E-state index in [4.69, 9.17) is 4.98 Å². The van der Waals surface area contributed by atoms with Crippen LogP contribution in [0.5, 0.6) is 0 Å². The number of nitrogens with zero attached hydrogens (tertiary/aromatic N) is 5. The minimum atomic E-state index is -0.900. The zero-order valence-electron chi connectivity index (χ0n) is 18.5. The molecule has 0 amide bonds. The van der Waals surface area contributed by atoms with Gasteiger partial charge >= 0.3 is 0 Å². The van der Waals surface area contributed by atoms with Crippen molar-refractivity contribution in [2.24, 2.45) is 13.0 Å². The fourth-order valence-corrected chi connectivity index (χ4v) is 5.83. The molecule has 0 saturated carbocycles. The molecule has 1 atom stereocenters. The van der Waals surface area contributed by atoms with Crippen molar-refractivity contribution < 1.29 is 9.32 Å². The predicted molar refractivity (Wildman–Crippen MR) is 130 cm³/mol. The molecule has 1 N–H and O–H groups in total. The summed E-state index contributed by atoms with van der Waals surface area (Å²) in [5.74, 6) is 1.58. The number of quaternary nitrogens is 1. The van der Waals surface area contributed by atoms with E-state index < -0.39 is 15.4 Å². The number of hydrogen-bond donors (Lipinski definition) is 1. The zero-order valence-corrected chi connectivity index (χ0v) is 19.3. The standard InChI is InChI=1S/C23H27N5O4S/c1-26-15-24-20-12-19(25-22(21(20)23(26)30)27-7-6-16(13-27)14-29)17-2-4-18(5-3-17)28(31)8-10-33(32)11-9-28/h2-5,12,15-16,29H,6-11,13-14H2,1H3/t16-,28?,33?/m0/s1. The van der Waals surface area contributed by atoms with Crippen LogP contribution in [0.15, 0.2) is 41.5 Å². The highest BCUT2D eigenvalue weighted by Gasteiger charge is 2.28. The molecular weight excluding hydrogens is 442 g/mol. The van der Waals surface area contributed by atoms with Gasteiger partial charge in [-0.15, -0.1) is 0 Å². The second-order valence-corrected chi connectivity index (χ2v) is 10.6. The lowest BCUT2D eigenvalue weighted by molar-refractivity contribution is 0.238. The van der Waals surface area contributed by atoms with Crippen molar-refractivity contribution in [2.75, 3.05) is 49.2 Å². The van der Waals surface area contributed by atoms with Gasteiger partial charge in [-0.05, 0) is 24.6 Å². The minimum absolute atomic E-state index is 0.106. The van der Waals surface area contributed by atoms with Crippen LogP contribution in [-0.2, 0) is 17.8 Å². The monoisotopic (exact) mass is 469 g/mol. The number of pyridine rings is 1. The summed E-state index contributed by atoms with van der Waals surface area (Å²) in [7, 11) is 0.771. The van der Waals surface area contributed by atoms with E-state index in [1.54, 1.807) is 13.1 Å². The lowest BCUT2D eigenvalue weighted by Crippen LogP contribution is -2.52. The van der Waals surface area contributed by atoms with Crippen LogP contribution in [-0.4, -0.2) is 68.1 Å². The first-order valence-electron chi connectivity index (χ1n) is 11.1. The Kier molecular flexibility index (Phi) is 5.77. The van der Waals surface area contributed by atoms with Crippen LogP contribution >= 0.6 is 0 Å². The van der Waals surface area contributed by atoms with Gasteiger partial charge in [-0.1, -0.05) is 0 Å². The number of hydrogen-bond acceptors (Lipinski definition) is 7. The summed E-state index contributed by atoms with van der Waals surface area (Å²) in [5, 5.41) is 23.2. The quantitative estimate of drug-likeness (QED) is 0.454. The molecule has 0 bridgehead atoms. The number of hydroxylamine groups is 2. The van der Waals surface area contributed by atoms with Crippen molar-refractivity contribution in [3.8, 4) is 11.3 Å². The van der Waals surface area contributed by atoms with E-state index in [1.165, 1.54) is 10.9 Å². The van der Waals surface area contributed by atoms with Crippen molar-refractivity contribution in [2.45, 2.75) is 6.42 Å². The van der Waals surface area contributed by atoms with Crippen molar-refractivity contribution in [1.82, 2.24) is 19.2 Å². The van der Waals surface area contributed by atoms with Gasteiger partial charge in [0.15, 0.2) is 0 Å². The third-order valence-corrected chi connectivity index (χ3v) is 8.00. The first kappa shape index (κ1) is 22.1. The largest absolute Gasteiger partial charge is 0.627 e. The lowest BCUT2D eigenvalue weighted by Gasteiger charge is -2.44. The Balaban J connectivity index is 1.55. The smallest absolute Gasteiger partial charge is 0.264 e. The van der Waals surface area contributed by atoms with Crippen LogP contribution in [0.2, 0.25) is 0 Å². The van der Waals surface area contributed by atoms with Crippen molar-refractivity contribution in [3.05, 3.63) is 52.2 Å². The summed E-state index contributed by atoms with van der Waals surface area (Å²) >= 11 is 0. The molecule has 0 spiro atoms. The molecular formula is C23H27N5O4S. The Morgan fingerprint density at radius 1 is 1.24 bits per heavy atom. The first-order chi connectivity index (χ1) is 15.9. The molecule has 5 rings (SSSR count). The molecule has 33 heavy (non-hydrogen) atoms. The second-order valence-electron chi connectivity index (χ2n) is 8.90. The van der Waals surface area contributed by atoms with Gasteiger partial charge in [-0.2, -0.15) is 0 Å². The number of anilines is 1. The SMILES string of the molecule is Cn1cnc2cc(-c3ccc([N+]4([O-])CCS(=O)CC4)cc3)nc(N3CC[C@H](CO)C3)c2c1=O. The van der Waals surface area contributed by atoms with Gasteiger partial charge < -0.3 is 24.4 Å². The fourth-order valence-electron chi connectivity index (χ4n) is 4.63. The van der Waals surface area contributed by atoms with Gasteiger partial charge in [-0.3, -0.25) is 9.00 Å². The minimum Gasteiger partial charge on any atom is -0.627 e. The molecule has 2 fully saturated rings. The molecule has 0 aliphatic carbocycles. The van der Waals surface area contributed by atoms with Crippen molar-refractivity contribution in [1.29, 1.82) is 0 Å². The molecule has 4 heterocycles. The molecule has 1 aromatic carbocycles. The number of benzene rings is 1. The number of aromatic nitrogens is 3. The van der Waals surface area contributed by atoms with Gasteiger partial charge in [0.25, 0.3) is 5.56 Å². The van der Waals surface area contributed by atoms with E-state index >= 15 is 0 Å². The van der Waals surface area contributed by atoms with Crippen LogP contribution in [0.4, 0.5) is 11.5 Å². The van der Waals surface area contributed by atoms with E-state index in [0.717, 1.165) is 12.0 Å². The lowest BCUT2D eigenvalue weighted by atomic mass is 10.1. The van der Waals surface area contributed by atoms with Gasteiger partial charge in [-0.25, -0.2) is 9.97 Å². The van der Waals surface area contributed by atoms with Crippen LogP contribution in [0, 0.1) is 11.1 Å². The van der Waals surface area contributed by atoms with Gasteiger partial charge in [0, 0.05) is 61.2 Å². The van der Waals surface area contributed by atoms with Crippen LogP contribution in [0.25, 0.3) is 22.2 Å². The Morgan fingerprint density at radius 3 is 2.64 bits per heavy atom. The fraction of sp³-hybridized carbons (Fsp3) is 0.435. The summed E-state index contributed by atoms with van der Waals surface area (Å²) in [5.41, 5.74) is 2.57. The maximum Gasteiger partial charge on any atom is 0.264 e. The number of aliphatic hydroxyl groups is 1. The normalized spacial score (nSPS) is 25.6. The number of fused-ring (bicyclic) bond motifs is 1. The molecule has 2 aliphatic heterocycles. The van der Waals surface area contributed by atoms with Gasteiger partial charge in [0.05, 0.1) is 42.1 Å². The third kappa shape index (κ3) is 4.08. The van der Waals surface area contributed by atoms with E-state index in [2.05, 4.69) is 9.88 Å². The Bertz CT molecular complexity index is 1270. The number of aryl methyl sites for hydroxylation is 1. The van der Waals surface area contributed by atoms with E-state index in [-0.39, 0.29) is 18.1 Å². The zero-order chi connectivity index (χ0) is 23.2. The second kappa shape index (κ2) is 8.60. The molecule has 2 aromatic heterocycles. The molecule has 174 valence electrons. The van der Waals surface area contributed by atoms with Crippen LogP contribution < -0.4 is 15.1 Å². The first-order valence-corrected chi connectivity index (χ1v) is 12.6. The molecule has 2 aliphatic rings. The van der Waals surface area contributed by atoms with E-state index in [1.807, 2.05) is 24.3 Å². The Labute approximate surface area is 193 Å². The van der Waals surface area contributed by atoms with Crippen molar-refractivity contribution >= 4 is 33.2 Å². The summed E-state index contributed by atoms with van der Waals surface area (Å²) in [4.78, 5) is 24.3. The highest BCUT2D eigenvalue weighted by Crippen LogP contribution is 2.32. The molecule has 9 nitrogen and oxygen atoms in total. The molecule has 0 radical (unpaired) electrons. The summed E-state index contributed by atoms with van der Waals surface area (Å²) in [6.45, 7) is 2.09. The molecule has 3 aromatic rings. The predicted octanol–water partition coefficient (Wildman–Crippen LogP) is 1.38. The average Bonchev–Trinajstić information content (AvgIpc) is 3.32. The topological polar surface area (TPSA) is 111 Å². The third-order valence-electron chi connectivity index (χ3n) is 6.72. The summed E-state index contributed by atoms with van der Waals surface area (Å²) < 4.78 is 12.6. The van der Waals surface area contributed by atoms with Gasteiger partial charge in [0.1, 0.15) is 16.9 Å². The molecule has 10 heteroatoms. The summed E-state index contributed by atoms with van der Waals surface area (Å²) in [6, 6.07) is 9.19. The highest BCUT2D eigenvalue weighted by atomic mass is 32.2. The van der Waals surface area contributed by atoms with Crippen molar-refractivity contribution in [3.63, 3.8) is 0 Å². The summed E-state index contributed by atoms with van der Waals surface area (Å²) in [6.07, 6.45) is 2.35. The molecule has 0 unspecified atom stereocenters. The molecule has 2 saturated heterocycles.